The normalized spacial score (nSPS) is 11.4. The fourth-order valence-electron chi connectivity index (χ4n) is 2.63. The van der Waals surface area contributed by atoms with Gasteiger partial charge in [-0.15, -0.1) is 11.3 Å². The Morgan fingerprint density at radius 1 is 1.25 bits per heavy atom. The van der Waals surface area contributed by atoms with Gasteiger partial charge in [0, 0.05) is 0 Å². The van der Waals surface area contributed by atoms with Crippen molar-refractivity contribution in [3.05, 3.63) is 53.2 Å². The zero-order valence-corrected chi connectivity index (χ0v) is 17.1. The lowest BCUT2D eigenvalue weighted by atomic mass is 10.1. The molecule has 0 bridgehead atoms. The first-order valence-corrected chi connectivity index (χ1v) is 11.3. The molecule has 1 amide bonds. The Labute approximate surface area is 167 Å². The topological polar surface area (TPSA) is 105 Å². The third-order valence-electron chi connectivity index (χ3n) is 3.98. The van der Waals surface area contributed by atoms with E-state index in [1.165, 1.54) is 11.3 Å². The molecule has 0 saturated carbocycles. The van der Waals surface area contributed by atoms with E-state index >= 15 is 0 Å². The van der Waals surface area contributed by atoms with Crippen LogP contribution in [0.1, 0.15) is 18.4 Å². The maximum atomic E-state index is 12.4. The van der Waals surface area contributed by atoms with Crippen LogP contribution in [0.25, 0.3) is 10.7 Å². The molecule has 2 aromatic heterocycles. The second-order valence-electron chi connectivity index (χ2n) is 6.02. The summed E-state index contributed by atoms with van der Waals surface area (Å²) in [5, 5.41) is 8.41. The van der Waals surface area contributed by atoms with Crippen molar-refractivity contribution in [1.29, 1.82) is 0 Å². The maximum Gasteiger partial charge on any atom is 0.246 e. The van der Waals surface area contributed by atoms with Gasteiger partial charge in [-0.1, -0.05) is 36.3 Å². The van der Waals surface area contributed by atoms with E-state index in [9.17, 15) is 13.2 Å². The van der Waals surface area contributed by atoms with Crippen LogP contribution in [0.3, 0.4) is 0 Å². The number of thiophene rings is 1. The number of carbonyl (C=O) groups excluding carboxylic acids is 1. The number of sulfonamides is 1. The van der Waals surface area contributed by atoms with E-state index in [1.807, 2.05) is 36.6 Å². The molecule has 148 valence electrons. The van der Waals surface area contributed by atoms with Crippen LogP contribution in [-0.4, -0.2) is 37.3 Å². The molecule has 0 aliphatic carbocycles. The predicted molar refractivity (Wildman–Crippen MR) is 107 cm³/mol. The van der Waals surface area contributed by atoms with E-state index in [1.54, 1.807) is 12.1 Å². The van der Waals surface area contributed by atoms with Crippen LogP contribution >= 0.6 is 11.3 Å². The quantitative estimate of drug-likeness (QED) is 0.600. The Morgan fingerprint density at radius 3 is 2.71 bits per heavy atom. The molecule has 0 aliphatic heterocycles. The van der Waals surface area contributed by atoms with Gasteiger partial charge in [-0.3, -0.25) is 9.10 Å². The van der Waals surface area contributed by atoms with E-state index in [0.29, 0.717) is 17.9 Å². The van der Waals surface area contributed by atoms with Gasteiger partial charge in [0.1, 0.15) is 6.54 Å². The van der Waals surface area contributed by atoms with Crippen LogP contribution < -0.4 is 9.62 Å². The molecule has 3 rings (SSSR count). The maximum absolute atomic E-state index is 12.4. The standard InChI is InChI=1S/C18H20N4O4S2/c1-3-13-7-4-5-8-14(13)22(28(2,24)25)12-16(23)19-11-17-20-18(21-26-17)15-9-6-10-27-15/h4-10H,3,11-12H2,1-2H3,(H,19,23). The number of amides is 1. The van der Waals surface area contributed by atoms with E-state index in [2.05, 4.69) is 15.5 Å². The number of hydrogen-bond donors (Lipinski definition) is 1. The number of carbonyl (C=O) groups is 1. The van der Waals surface area contributed by atoms with Gasteiger partial charge >= 0.3 is 0 Å². The van der Waals surface area contributed by atoms with Gasteiger partial charge in [0.2, 0.25) is 27.6 Å². The van der Waals surface area contributed by atoms with Gasteiger partial charge < -0.3 is 9.84 Å². The fraction of sp³-hybridized carbons (Fsp3) is 0.278. The van der Waals surface area contributed by atoms with Crippen molar-refractivity contribution < 1.29 is 17.7 Å². The molecule has 1 aromatic carbocycles. The molecular weight excluding hydrogens is 400 g/mol. The Morgan fingerprint density at radius 2 is 2.04 bits per heavy atom. The molecule has 0 atom stereocenters. The highest BCUT2D eigenvalue weighted by Gasteiger charge is 2.23. The van der Waals surface area contributed by atoms with Crippen molar-refractivity contribution in [1.82, 2.24) is 15.5 Å². The van der Waals surface area contributed by atoms with Gasteiger partial charge in [-0.2, -0.15) is 4.98 Å². The number of nitrogens with one attached hydrogen (secondary N) is 1. The summed E-state index contributed by atoms with van der Waals surface area (Å²) >= 11 is 1.48. The van der Waals surface area contributed by atoms with Crippen LogP contribution in [0, 0.1) is 0 Å². The second kappa shape index (κ2) is 8.53. The monoisotopic (exact) mass is 420 g/mol. The first kappa shape index (κ1) is 20.0. The zero-order chi connectivity index (χ0) is 20.1. The van der Waals surface area contributed by atoms with Gasteiger partial charge in [0.15, 0.2) is 0 Å². The van der Waals surface area contributed by atoms with Crippen molar-refractivity contribution >= 4 is 33.0 Å². The number of aromatic nitrogens is 2. The molecule has 0 spiro atoms. The Bertz CT molecular complexity index is 1050. The summed E-state index contributed by atoms with van der Waals surface area (Å²) in [6.07, 6.45) is 1.73. The Kier molecular flexibility index (Phi) is 6.10. The van der Waals surface area contributed by atoms with E-state index < -0.39 is 15.9 Å². The summed E-state index contributed by atoms with van der Waals surface area (Å²) < 4.78 is 30.7. The lowest BCUT2D eigenvalue weighted by Gasteiger charge is -2.24. The minimum Gasteiger partial charge on any atom is -0.345 e. The molecule has 28 heavy (non-hydrogen) atoms. The van der Waals surface area contributed by atoms with Crippen molar-refractivity contribution in [3.63, 3.8) is 0 Å². The third kappa shape index (κ3) is 4.76. The summed E-state index contributed by atoms with van der Waals surface area (Å²) in [5.41, 5.74) is 1.35. The molecule has 0 saturated heterocycles. The van der Waals surface area contributed by atoms with E-state index in [0.717, 1.165) is 21.0 Å². The molecule has 0 radical (unpaired) electrons. The number of para-hydroxylation sites is 1. The molecule has 8 nitrogen and oxygen atoms in total. The first-order chi connectivity index (χ1) is 13.4. The molecular formula is C18H20N4O4S2. The minimum atomic E-state index is -3.63. The molecule has 0 fully saturated rings. The average molecular weight is 421 g/mol. The Balaban J connectivity index is 1.68. The molecule has 0 unspecified atom stereocenters. The van der Waals surface area contributed by atoms with Crippen molar-refractivity contribution in [2.75, 3.05) is 17.1 Å². The van der Waals surface area contributed by atoms with Gasteiger partial charge in [-0.25, -0.2) is 8.42 Å². The summed E-state index contributed by atoms with van der Waals surface area (Å²) in [6, 6.07) is 10.9. The van der Waals surface area contributed by atoms with Crippen LogP contribution in [0.15, 0.2) is 46.3 Å². The second-order valence-corrected chi connectivity index (χ2v) is 8.87. The van der Waals surface area contributed by atoms with Gasteiger partial charge in [0.25, 0.3) is 0 Å². The van der Waals surface area contributed by atoms with Crippen molar-refractivity contribution in [2.45, 2.75) is 19.9 Å². The largest absolute Gasteiger partial charge is 0.345 e. The number of hydrogen-bond acceptors (Lipinski definition) is 7. The van der Waals surface area contributed by atoms with Crippen LogP contribution in [0.4, 0.5) is 5.69 Å². The van der Waals surface area contributed by atoms with Crippen molar-refractivity contribution in [3.8, 4) is 10.7 Å². The predicted octanol–water partition coefficient (Wildman–Crippen LogP) is 2.44. The van der Waals surface area contributed by atoms with E-state index in [4.69, 9.17) is 4.52 Å². The highest BCUT2D eigenvalue weighted by atomic mass is 32.2. The first-order valence-electron chi connectivity index (χ1n) is 8.57. The minimum absolute atomic E-state index is 0.0181. The highest BCUT2D eigenvalue weighted by Crippen LogP contribution is 2.23. The van der Waals surface area contributed by atoms with Crippen LogP contribution in [0.5, 0.6) is 0 Å². The lowest BCUT2D eigenvalue weighted by molar-refractivity contribution is -0.119. The number of benzene rings is 1. The zero-order valence-electron chi connectivity index (χ0n) is 15.5. The number of anilines is 1. The molecule has 3 aromatic rings. The molecule has 10 heteroatoms. The number of aryl methyl sites for hydroxylation is 1. The SMILES string of the molecule is CCc1ccccc1N(CC(=O)NCc1nc(-c2cccs2)no1)S(C)(=O)=O. The molecule has 2 heterocycles. The highest BCUT2D eigenvalue weighted by molar-refractivity contribution is 7.92. The number of rotatable bonds is 8. The fourth-order valence-corrected chi connectivity index (χ4v) is 4.16. The van der Waals surface area contributed by atoms with Gasteiger partial charge in [-0.05, 0) is 29.5 Å². The molecule has 0 aliphatic rings. The summed E-state index contributed by atoms with van der Waals surface area (Å²) in [5.74, 6) is 0.234. The smallest absolute Gasteiger partial charge is 0.246 e. The van der Waals surface area contributed by atoms with E-state index in [-0.39, 0.29) is 19.0 Å². The summed E-state index contributed by atoms with van der Waals surface area (Å²) in [7, 11) is -3.63. The summed E-state index contributed by atoms with van der Waals surface area (Å²) in [4.78, 5) is 17.5. The Hall–Kier alpha value is -2.72. The van der Waals surface area contributed by atoms with Crippen LogP contribution in [-0.2, 0) is 27.8 Å². The average Bonchev–Trinajstić information content (AvgIpc) is 3.35. The summed E-state index contributed by atoms with van der Waals surface area (Å²) in [6.45, 7) is 1.62. The lowest BCUT2D eigenvalue weighted by Crippen LogP contribution is -2.40. The van der Waals surface area contributed by atoms with Crippen LogP contribution in [0.2, 0.25) is 0 Å². The third-order valence-corrected chi connectivity index (χ3v) is 5.97. The van der Waals surface area contributed by atoms with Gasteiger partial charge in [0.05, 0.1) is 23.4 Å². The molecule has 1 N–H and O–H groups in total. The number of nitrogens with zero attached hydrogens (tertiary/aromatic N) is 3. The van der Waals surface area contributed by atoms with Crippen molar-refractivity contribution in [2.24, 2.45) is 0 Å².